The molecule has 1 aliphatic rings. The summed E-state index contributed by atoms with van der Waals surface area (Å²) < 4.78 is 6.69. The monoisotopic (exact) mass is 325 g/mol. The zero-order valence-electron chi connectivity index (χ0n) is 11.5. The molecule has 0 unspecified atom stereocenters. The minimum Gasteiger partial charge on any atom is -0.493 e. The molecular formula is C15H20BrNO2. The smallest absolute Gasteiger partial charge is 0.220 e. The van der Waals surface area contributed by atoms with Gasteiger partial charge in [-0.2, -0.15) is 0 Å². The SMILES string of the molecule is CC(C)CCC(=O)NCc1cc(Br)cc2c1OCC2. The molecule has 0 fully saturated rings. The summed E-state index contributed by atoms with van der Waals surface area (Å²) in [7, 11) is 0. The Morgan fingerprint density at radius 3 is 3.00 bits per heavy atom. The van der Waals surface area contributed by atoms with Crippen LogP contribution in [0.3, 0.4) is 0 Å². The van der Waals surface area contributed by atoms with Gasteiger partial charge in [-0.25, -0.2) is 0 Å². The third-order valence-electron chi connectivity index (χ3n) is 3.25. The molecule has 1 amide bonds. The van der Waals surface area contributed by atoms with Crippen molar-refractivity contribution in [2.24, 2.45) is 5.92 Å². The van der Waals surface area contributed by atoms with Crippen LogP contribution in [-0.4, -0.2) is 12.5 Å². The van der Waals surface area contributed by atoms with E-state index in [9.17, 15) is 4.79 Å². The van der Waals surface area contributed by atoms with Crippen molar-refractivity contribution in [3.05, 3.63) is 27.7 Å². The lowest BCUT2D eigenvalue weighted by Gasteiger charge is -2.11. The summed E-state index contributed by atoms with van der Waals surface area (Å²) in [6.45, 7) is 5.53. The molecule has 1 N–H and O–H groups in total. The van der Waals surface area contributed by atoms with Crippen LogP contribution in [0.1, 0.15) is 37.8 Å². The molecular weight excluding hydrogens is 306 g/mol. The van der Waals surface area contributed by atoms with Gasteiger partial charge in [0.25, 0.3) is 0 Å². The second kappa shape index (κ2) is 6.42. The molecule has 0 aromatic heterocycles. The summed E-state index contributed by atoms with van der Waals surface area (Å²) in [5.41, 5.74) is 2.28. The van der Waals surface area contributed by atoms with E-state index < -0.39 is 0 Å². The third-order valence-corrected chi connectivity index (χ3v) is 3.71. The predicted octanol–water partition coefficient (Wildman–Crippen LogP) is 3.44. The standard InChI is InChI=1S/C15H20BrNO2/c1-10(2)3-4-14(18)17-9-12-8-13(16)7-11-5-6-19-15(11)12/h7-8,10H,3-6,9H2,1-2H3,(H,17,18). The van der Waals surface area contributed by atoms with E-state index in [1.807, 2.05) is 6.07 Å². The highest BCUT2D eigenvalue weighted by Crippen LogP contribution is 2.32. The van der Waals surface area contributed by atoms with Gasteiger partial charge in [-0.05, 0) is 30.0 Å². The van der Waals surface area contributed by atoms with Crippen molar-refractivity contribution in [1.82, 2.24) is 5.32 Å². The molecule has 1 heterocycles. The van der Waals surface area contributed by atoms with Gasteiger partial charge in [-0.15, -0.1) is 0 Å². The molecule has 0 radical (unpaired) electrons. The van der Waals surface area contributed by atoms with Crippen molar-refractivity contribution in [3.63, 3.8) is 0 Å². The summed E-state index contributed by atoms with van der Waals surface area (Å²) in [4.78, 5) is 11.7. The fraction of sp³-hybridized carbons (Fsp3) is 0.533. The van der Waals surface area contributed by atoms with Crippen LogP contribution in [0.4, 0.5) is 0 Å². The summed E-state index contributed by atoms with van der Waals surface area (Å²) in [5.74, 6) is 1.62. The first-order valence-corrected chi connectivity index (χ1v) is 7.56. The van der Waals surface area contributed by atoms with E-state index in [0.29, 0.717) is 18.9 Å². The number of amides is 1. The van der Waals surface area contributed by atoms with Gasteiger partial charge < -0.3 is 10.1 Å². The summed E-state index contributed by atoms with van der Waals surface area (Å²) in [6, 6.07) is 4.11. The van der Waals surface area contributed by atoms with Crippen LogP contribution in [0.2, 0.25) is 0 Å². The number of nitrogens with one attached hydrogen (secondary N) is 1. The lowest BCUT2D eigenvalue weighted by Crippen LogP contribution is -2.23. The van der Waals surface area contributed by atoms with E-state index in [2.05, 4.69) is 41.2 Å². The Morgan fingerprint density at radius 1 is 1.47 bits per heavy atom. The van der Waals surface area contributed by atoms with Crippen molar-refractivity contribution in [3.8, 4) is 5.75 Å². The molecule has 0 saturated heterocycles. The largest absolute Gasteiger partial charge is 0.493 e. The van der Waals surface area contributed by atoms with Crippen LogP contribution in [0.5, 0.6) is 5.75 Å². The second-order valence-corrected chi connectivity index (χ2v) is 6.28. The van der Waals surface area contributed by atoms with Crippen molar-refractivity contribution in [2.45, 2.75) is 39.7 Å². The normalized spacial score (nSPS) is 13.3. The van der Waals surface area contributed by atoms with Gasteiger partial charge in [0.15, 0.2) is 0 Å². The lowest BCUT2D eigenvalue weighted by molar-refractivity contribution is -0.121. The minimum absolute atomic E-state index is 0.112. The molecule has 0 aliphatic carbocycles. The van der Waals surface area contributed by atoms with Crippen molar-refractivity contribution in [2.75, 3.05) is 6.61 Å². The molecule has 4 heteroatoms. The molecule has 2 rings (SSSR count). The van der Waals surface area contributed by atoms with Gasteiger partial charge in [0, 0.05) is 29.4 Å². The number of fused-ring (bicyclic) bond motifs is 1. The zero-order chi connectivity index (χ0) is 13.8. The maximum atomic E-state index is 11.7. The molecule has 1 aromatic rings. The average Bonchev–Trinajstić information content (AvgIpc) is 2.81. The summed E-state index contributed by atoms with van der Waals surface area (Å²) in [5, 5.41) is 2.97. The average molecular weight is 326 g/mol. The molecule has 1 aromatic carbocycles. The van der Waals surface area contributed by atoms with E-state index in [1.165, 1.54) is 5.56 Å². The highest BCUT2D eigenvalue weighted by molar-refractivity contribution is 9.10. The maximum Gasteiger partial charge on any atom is 0.220 e. The van der Waals surface area contributed by atoms with Gasteiger partial charge >= 0.3 is 0 Å². The number of benzene rings is 1. The first-order valence-electron chi connectivity index (χ1n) is 6.77. The minimum atomic E-state index is 0.112. The van der Waals surface area contributed by atoms with E-state index in [0.717, 1.165) is 35.2 Å². The number of rotatable bonds is 5. The van der Waals surface area contributed by atoms with E-state index in [1.54, 1.807) is 0 Å². The van der Waals surface area contributed by atoms with E-state index >= 15 is 0 Å². The Labute approximate surface area is 122 Å². The molecule has 1 aliphatic heterocycles. The topological polar surface area (TPSA) is 38.3 Å². The molecule has 104 valence electrons. The fourth-order valence-corrected chi connectivity index (χ4v) is 2.73. The number of ether oxygens (including phenoxy) is 1. The number of carbonyl (C=O) groups is 1. The van der Waals surface area contributed by atoms with Crippen LogP contribution in [0, 0.1) is 5.92 Å². The Kier molecular flexibility index (Phi) is 4.86. The number of halogens is 1. The quantitative estimate of drug-likeness (QED) is 0.900. The van der Waals surface area contributed by atoms with Gasteiger partial charge in [0.1, 0.15) is 5.75 Å². The van der Waals surface area contributed by atoms with Crippen molar-refractivity contribution < 1.29 is 9.53 Å². The summed E-state index contributed by atoms with van der Waals surface area (Å²) in [6.07, 6.45) is 2.47. The molecule has 3 nitrogen and oxygen atoms in total. The summed E-state index contributed by atoms with van der Waals surface area (Å²) >= 11 is 3.50. The van der Waals surface area contributed by atoms with Crippen LogP contribution in [0.15, 0.2) is 16.6 Å². The third kappa shape index (κ3) is 3.96. The molecule has 0 atom stereocenters. The van der Waals surface area contributed by atoms with Crippen LogP contribution >= 0.6 is 15.9 Å². The highest BCUT2D eigenvalue weighted by Gasteiger charge is 2.17. The number of carbonyl (C=O) groups excluding carboxylic acids is 1. The van der Waals surface area contributed by atoms with Gasteiger partial charge in [0.2, 0.25) is 5.91 Å². The first kappa shape index (κ1) is 14.4. The van der Waals surface area contributed by atoms with Gasteiger partial charge in [-0.3, -0.25) is 4.79 Å². The Morgan fingerprint density at radius 2 is 2.26 bits per heavy atom. The van der Waals surface area contributed by atoms with Crippen molar-refractivity contribution >= 4 is 21.8 Å². The van der Waals surface area contributed by atoms with Gasteiger partial charge in [-0.1, -0.05) is 29.8 Å². The lowest BCUT2D eigenvalue weighted by atomic mass is 10.1. The Bertz CT molecular complexity index is 471. The second-order valence-electron chi connectivity index (χ2n) is 5.36. The molecule has 0 bridgehead atoms. The van der Waals surface area contributed by atoms with Crippen molar-refractivity contribution in [1.29, 1.82) is 0 Å². The van der Waals surface area contributed by atoms with Crippen LogP contribution in [-0.2, 0) is 17.8 Å². The zero-order valence-corrected chi connectivity index (χ0v) is 13.0. The number of hydrogen-bond donors (Lipinski definition) is 1. The highest BCUT2D eigenvalue weighted by atomic mass is 79.9. The van der Waals surface area contributed by atoms with E-state index in [4.69, 9.17) is 4.74 Å². The van der Waals surface area contributed by atoms with E-state index in [-0.39, 0.29) is 5.91 Å². The van der Waals surface area contributed by atoms with Crippen LogP contribution < -0.4 is 10.1 Å². The molecule has 0 saturated carbocycles. The molecule has 0 spiro atoms. The Balaban J connectivity index is 1.95. The number of hydrogen-bond acceptors (Lipinski definition) is 2. The molecule has 19 heavy (non-hydrogen) atoms. The predicted molar refractivity (Wildman–Crippen MR) is 79.3 cm³/mol. The van der Waals surface area contributed by atoms with Crippen LogP contribution in [0.25, 0.3) is 0 Å². The fourth-order valence-electron chi connectivity index (χ4n) is 2.18. The maximum absolute atomic E-state index is 11.7. The first-order chi connectivity index (χ1) is 9.06. The Hall–Kier alpha value is -1.03. The van der Waals surface area contributed by atoms with Gasteiger partial charge in [0.05, 0.1) is 6.61 Å².